The number of aryl methyl sites for hydroxylation is 1. The summed E-state index contributed by atoms with van der Waals surface area (Å²) in [5.74, 6) is -0.356. The van der Waals surface area contributed by atoms with Crippen LogP contribution in [0, 0.1) is 13.8 Å². The maximum atomic E-state index is 12.1. The van der Waals surface area contributed by atoms with E-state index >= 15 is 0 Å². The van der Waals surface area contributed by atoms with Crippen LogP contribution in [-0.2, 0) is 4.74 Å². The molecule has 0 atom stereocenters. The van der Waals surface area contributed by atoms with E-state index in [0.717, 1.165) is 28.5 Å². The number of nitrogens with zero attached hydrogens (tertiary/aromatic N) is 1. The molecule has 0 aliphatic heterocycles. The van der Waals surface area contributed by atoms with Crippen molar-refractivity contribution in [2.75, 3.05) is 12.3 Å². The fourth-order valence-corrected chi connectivity index (χ4v) is 2.15. The van der Waals surface area contributed by atoms with E-state index < -0.39 is 0 Å². The molecule has 2 N–H and O–H groups in total. The Hall–Kier alpha value is -2.10. The van der Waals surface area contributed by atoms with Gasteiger partial charge in [-0.3, -0.25) is 4.98 Å². The second-order valence-corrected chi connectivity index (χ2v) is 4.57. The van der Waals surface area contributed by atoms with Gasteiger partial charge in [0.25, 0.3) is 0 Å². The van der Waals surface area contributed by atoms with Crippen molar-refractivity contribution >= 4 is 22.6 Å². The predicted octanol–water partition coefficient (Wildman–Crippen LogP) is 3.00. The number of carbonyl (C=O) groups excluding carboxylic acids is 1. The van der Waals surface area contributed by atoms with Crippen molar-refractivity contribution in [3.05, 3.63) is 35.0 Å². The number of esters is 1. The fourth-order valence-electron chi connectivity index (χ4n) is 2.15. The van der Waals surface area contributed by atoms with Crippen LogP contribution in [0.2, 0.25) is 0 Å². The molecule has 1 heterocycles. The van der Waals surface area contributed by atoms with E-state index in [-0.39, 0.29) is 5.97 Å². The number of rotatable bonds is 3. The van der Waals surface area contributed by atoms with E-state index in [9.17, 15) is 4.79 Å². The first-order valence-electron chi connectivity index (χ1n) is 6.38. The summed E-state index contributed by atoms with van der Waals surface area (Å²) >= 11 is 0. The molecule has 0 fully saturated rings. The highest BCUT2D eigenvalue weighted by Crippen LogP contribution is 2.31. The van der Waals surface area contributed by atoms with Gasteiger partial charge in [-0.15, -0.1) is 0 Å². The first-order valence-corrected chi connectivity index (χ1v) is 6.38. The van der Waals surface area contributed by atoms with Crippen molar-refractivity contribution in [1.29, 1.82) is 0 Å². The predicted molar refractivity (Wildman–Crippen MR) is 76.2 cm³/mol. The first-order chi connectivity index (χ1) is 9.07. The van der Waals surface area contributed by atoms with Crippen molar-refractivity contribution in [1.82, 2.24) is 4.98 Å². The maximum absolute atomic E-state index is 12.1. The van der Waals surface area contributed by atoms with Gasteiger partial charge >= 0.3 is 5.97 Å². The number of benzene rings is 1. The van der Waals surface area contributed by atoms with Gasteiger partial charge in [-0.05, 0) is 43.5 Å². The Morgan fingerprint density at radius 3 is 2.79 bits per heavy atom. The van der Waals surface area contributed by atoms with Crippen LogP contribution in [0.5, 0.6) is 0 Å². The molecule has 0 unspecified atom stereocenters. The molecule has 4 nitrogen and oxygen atoms in total. The lowest BCUT2D eigenvalue weighted by molar-refractivity contribution is 0.0505. The van der Waals surface area contributed by atoms with E-state index in [4.69, 9.17) is 10.5 Å². The maximum Gasteiger partial charge on any atom is 0.340 e. The highest BCUT2D eigenvalue weighted by atomic mass is 16.5. The average Bonchev–Trinajstić information content (AvgIpc) is 2.43. The molecular weight excluding hydrogens is 240 g/mol. The van der Waals surface area contributed by atoms with Gasteiger partial charge < -0.3 is 10.5 Å². The summed E-state index contributed by atoms with van der Waals surface area (Å²) in [5.41, 5.74) is 9.68. The van der Waals surface area contributed by atoms with Gasteiger partial charge in [0.2, 0.25) is 0 Å². The quantitative estimate of drug-likeness (QED) is 0.679. The summed E-state index contributed by atoms with van der Waals surface area (Å²) in [6.07, 6.45) is 2.52. The topological polar surface area (TPSA) is 65.2 Å². The number of nitrogens with two attached hydrogens (primary N) is 1. The molecule has 2 aromatic rings. The molecule has 0 amide bonds. The number of aromatic nitrogens is 1. The summed E-state index contributed by atoms with van der Waals surface area (Å²) in [7, 11) is 0. The smallest absolute Gasteiger partial charge is 0.340 e. The van der Waals surface area contributed by atoms with Crippen molar-refractivity contribution in [2.24, 2.45) is 0 Å². The second-order valence-electron chi connectivity index (χ2n) is 4.57. The molecule has 4 heteroatoms. The molecule has 0 aliphatic carbocycles. The van der Waals surface area contributed by atoms with Crippen LogP contribution < -0.4 is 5.73 Å². The van der Waals surface area contributed by atoms with Crippen LogP contribution in [0.1, 0.15) is 34.8 Å². The van der Waals surface area contributed by atoms with Crippen LogP contribution >= 0.6 is 0 Å². The Morgan fingerprint density at radius 2 is 2.11 bits per heavy atom. The monoisotopic (exact) mass is 258 g/mol. The zero-order chi connectivity index (χ0) is 14.0. The highest BCUT2D eigenvalue weighted by molar-refractivity contribution is 6.07. The Balaban J connectivity index is 2.64. The standard InChI is InChI=1S/C15H18N2O2/c1-4-8-19-15(18)12-9(2)10(3)14-11(13(12)16)6-5-7-17-14/h5-7H,4,8,16H2,1-3H3. The minimum absolute atomic E-state index is 0.356. The van der Waals surface area contributed by atoms with Gasteiger partial charge in [0.1, 0.15) is 0 Å². The number of anilines is 1. The van der Waals surface area contributed by atoms with E-state index in [1.165, 1.54) is 0 Å². The van der Waals surface area contributed by atoms with E-state index in [2.05, 4.69) is 4.98 Å². The molecule has 0 saturated heterocycles. The van der Waals surface area contributed by atoms with E-state index in [1.807, 2.05) is 32.9 Å². The van der Waals surface area contributed by atoms with Gasteiger partial charge in [-0.25, -0.2) is 4.79 Å². The van der Waals surface area contributed by atoms with Gasteiger partial charge in [-0.2, -0.15) is 0 Å². The third-order valence-electron chi connectivity index (χ3n) is 3.30. The van der Waals surface area contributed by atoms with Gasteiger partial charge in [-0.1, -0.05) is 6.92 Å². The minimum atomic E-state index is -0.356. The van der Waals surface area contributed by atoms with E-state index in [0.29, 0.717) is 17.9 Å². The number of fused-ring (bicyclic) bond motifs is 1. The number of hydrogen-bond donors (Lipinski definition) is 1. The lowest BCUT2D eigenvalue weighted by atomic mass is 9.97. The van der Waals surface area contributed by atoms with Gasteiger partial charge in [0, 0.05) is 11.6 Å². The van der Waals surface area contributed by atoms with Crippen LogP contribution in [0.4, 0.5) is 5.69 Å². The molecule has 0 spiro atoms. The molecule has 19 heavy (non-hydrogen) atoms. The SMILES string of the molecule is CCCOC(=O)c1c(C)c(C)c2ncccc2c1N. The lowest BCUT2D eigenvalue weighted by Gasteiger charge is -2.14. The lowest BCUT2D eigenvalue weighted by Crippen LogP contribution is -2.12. The molecule has 0 aliphatic rings. The minimum Gasteiger partial charge on any atom is -0.462 e. The van der Waals surface area contributed by atoms with Crippen molar-refractivity contribution in [3.8, 4) is 0 Å². The molecule has 1 aromatic heterocycles. The molecule has 0 saturated carbocycles. The molecule has 0 radical (unpaired) electrons. The molecule has 2 rings (SSSR count). The number of carbonyl (C=O) groups is 1. The summed E-state index contributed by atoms with van der Waals surface area (Å²) in [5, 5.41) is 0.800. The Bertz CT molecular complexity index is 636. The number of nitrogen functional groups attached to an aromatic ring is 1. The van der Waals surface area contributed by atoms with Crippen LogP contribution in [0.15, 0.2) is 18.3 Å². The Morgan fingerprint density at radius 1 is 1.37 bits per heavy atom. The van der Waals surface area contributed by atoms with Crippen LogP contribution in [0.3, 0.4) is 0 Å². The summed E-state index contributed by atoms with van der Waals surface area (Å²) in [4.78, 5) is 16.5. The van der Waals surface area contributed by atoms with Crippen molar-refractivity contribution < 1.29 is 9.53 Å². The number of ether oxygens (including phenoxy) is 1. The second kappa shape index (κ2) is 5.26. The zero-order valence-corrected chi connectivity index (χ0v) is 11.5. The third-order valence-corrected chi connectivity index (χ3v) is 3.30. The van der Waals surface area contributed by atoms with Crippen molar-refractivity contribution in [2.45, 2.75) is 27.2 Å². The largest absolute Gasteiger partial charge is 0.462 e. The molecule has 0 bridgehead atoms. The first kappa shape index (κ1) is 13.3. The molecule has 1 aromatic carbocycles. The molecule has 100 valence electrons. The fraction of sp³-hybridized carbons (Fsp3) is 0.333. The zero-order valence-electron chi connectivity index (χ0n) is 11.5. The summed E-state index contributed by atoms with van der Waals surface area (Å²) in [6.45, 7) is 6.18. The molecular formula is C15H18N2O2. The van der Waals surface area contributed by atoms with E-state index in [1.54, 1.807) is 6.20 Å². The number of hydrogen-bond acceptors (Lipinski definition) is 4. The van der Waals surface area contributed by atoms with Crippen molar-refractivity contribution in [3.63, 3.8) is 0 Å². The Kier molecular flexibility index (Phi) is 3.69. The highest BCUT2D eigenvalue weighted by Gasteiger charge is 2.19. The summed E-state index contributed by atoms with van der Waals surface area (Å²) in [6, 6.07) is 3.69. The van der Waals surface area contributed by atoms with Crippen LogP contribution in [-0.4, -0.2) is 17.6 Å². The van der Waals surface area contributed by atoms with Gasteiger partial charge in [0.15, 0.2) is 0 Å². The number of pyridine rings is 1. The summed E-state index contributed by atoms with van der Waals surface area (Å²) < 4.78 is 5.20. The van der Waals surface area contributed by atoms with Gasteiger partial charge in [0.05, 0.1) is 23.4 Å². The third kappa shape index (κ3) is 2.26. The average molecular weight is 258 g/mol. The Labute approximate surface area is 112 Å². The van der Waals surface area contributed by atoms with Crippen LogP contribution in [0.25, 0.3) is 10.9 Å². The normalized spacial score (nSPS) is 10.7.